The first-order chi connectivity index (χ1) is 12.7. The van der Waals surface area contributed by atoms with Crippen LogP contribution in [0.1, 0.15) is 18.3 Å². The molecule has 0 aliphatic rings. The molecule has 2 N–H and O–H groups in total. The van der Waals surface area contributed by atoms with Crippen molar-refractivity contribution in [1.29, 1.82) is 0 Å². The number of carbonyl (C=O) groups is 1. The maximum atomic E-state index is 9.40. The Morgan fingerprint density at radius 3 is 1.34 bits per heavy atom. The number of aliphatic carboxylic acids is 1. The van der Waals surface area contributed by atoms with Gasteiger partial charge in [0.25, 0.3) is 0 Å². The predicted octanol–water partition coefficient (Wildman–Crippen LogP) is -2.25. The van der Waals surface area contributed by atoms with Crippen LogP contribution < -0.4 is 22.1 Å². The number of aromatic nitrogens is 2. The molecule has 2 rings (SSSR count). The number of carboxylic acid groups (broad SMARTS) is 1. The first kappa shape index (κ1) is 29.0. The Hall–Kier alpha value is -2.23. The van der Waals surface area contributed by atoms with Gasteiger partial charge in [-0.2, -0.15) is 0 Å². The summed E-state index contributed by atoms with van der Waals surface area (Å²) in [6.45, 7) is 2.46. The minimum atomic E-state index is -1.08. The van der Waals surface area contributed by atoms with Crippen LogP contribution >= 0.6 is 0 Å². The summed E-state index contributed by atoms with van der Waals surface area (Å²) in [4.78, 5) is 17.1. The Labute approximate surface area is 184 Å². The molecule has 2 aromatic heterocycles. The van der Waals surface area contributed by atoms with Crippen LogP contribution in [-0.2, 0) is 17.9 Å². The maximum absolute atomic E-state index is 9.40. The Morgan fingerprint density at radius 1 is 0.862 bits per heavy atom. The lowest BCUT2D eigenvalue weighted by Crippen LogP contribution is -3.00. The van der Waals surface area contributed by atoms with Gasteiger partial charge in [-0.05, 0) is 31.2 Å². The fourth-order valence-corrected chi connectivity index (χ4v) is 2.00. The van der Waals surface area contributed by atoms with Crippen LogP contribution in [0.3, 0.4) is 0 Å². The lowest BCUT2D eigenvalue weighted by atomic mass is 10.3. The fourth-order valence-electron chi connectivity index (χ4n) is 2.00. The second kappa shape index (κ2) is 13.1. The zero-order valence-corrected chi connectivity index (χ0v) is 19.8. The number of hydrogen-bond acceptors (Lipinski definition) is 6. The van der Waals surface area contributed by atoms with Crippen molar-refractivity contribution in [3.05, 3.63) is 48.0 Å². The van der Waals surface area contributed by atoms with Gasteiger partial charge in [-0.15, -0.1) is 0 Å². The molecule has 0 radical (unpaired) electrons. The Bertz CT molecular complexity index is 682. The summed E-state index contributed by atoms with van der Waals surface area (Å²) in [6, 6.07) is 6.79. The Morgan fingerprint density at radius 2 is 1.14 bits per heavy atom. The van der Waals surface area contributed by atoms with Gasteiger partial charge >= 0.3 is 0 Å². The molecule has 0 aliphatic carbocycles. The smallest absolute Gasteiger partial charge is 0.142 e. The second-order valence-electron chi connectivity index (χ2n) is 8.33. The number of rotatable bonds is 4. The third-order valence-corrected chi connectivity index (χ3v) is 2.98. The quantitative estimate of drug-likeness (QED) is 0.486. The van der Waals surface area contributed by atoms with E-state index < -0.39 is 5.97 Å². The number of nitrogens with zero attached hydrogens (tertiary/aromatic N) is 4. The average Bonchev–Trinajstić information content (AvgIpc) is 2.49. The average molecular weight is 473 g/mol. The lowest BCUT2D eigenvalue weighted by molar-refractivity contribution is -0.884. The van der Waals surface area contributed by atoms with E-state index in [-0.39, 0.29) is 28.5 Å². The number of aromatic hydroxyl groups is 2. The van der Waals surface area contributed by atoms with Gasteiger partial charge in [-0.1, -0.05) is 0 Å². The van der Waals surface area contributed by atoms with Crippen molar-refractivity contribution in [2.45, 2.75) is 20.0 Å². The van der Waals surface area contributed by atoms with E-state index in [1.165, 1.54) is 0 Å². The fraction of sp³-hybridized carbons (Fsp3) is 0.450. The van der Waals surface area contributed by atoms with Gasteiger partial charge in [0.15, 0.2) is 0 Å². The summed E-state index contributed by atoms with van der Waals surface area (Å²) in [5, 5.41) is 27.7. The van der Waals surface area contributed by atoms with Gasteiger partial charge in [0, 0.05) is 18.4 Å². The molecule has 9 heteroatoms. The van der Waals surface area contributed by atoms with Crippen molar-refractivity contribution in [3.8, 4) is 11.5 Å². The van der Waals surface area contributed by atoms with Crippen molar-refractivity contribution in [2.24, 2.45) is 0 Å². The van der Waals surface area contributed by atoms with Crippen molar-refractivity contribution < 1.29 is 46.1 Å². The molecule has 0 fully saturated rings. The van der Waals surface area contributed by atoms with E-state index in [0.717, 1.165) is 40.4 Å². The molecule has 8 nitrogen and oxygen atoms in total. The molecule has 2 heterocycles. The van der Waals surface area contributed by atoms with Crippen LogP contribution in [0.5, 0.6) is 11.5 Å². The highest BCUT2D eigenvalue weighted by atomic mass is 79.9. The molecule has 0 saturated heterocycles. The molecule has 0 spiro atoms. The normalized spacial score (nSPS) is 10.4. The van der Waals surface area contributed by atoms with E-state index >= 15 is 0 Å². The van der Waals surface area contributed by atoms with Crippen LogP contribution in [0.4, 0.5) is 0 Å². The number of halogens is 1. The van der Waals surface area contributed by atoms with Crippen LogP contribution in [-0.4, -0.2) is 77.4 Å². The Balaban J connectivity index is 0. The van der Waals surface area contributed by atoms with E-state index in [9.17, 15) is 10.2 Å². The van der Waals surface area contributed by atoms with Gasteiger partial charge in [-0.25, -0.2) is 0 Å². The molecule has 29 heavy (non-hydrogen) atoms. The lowest BCUT2D eigenvalue weighted by Gasteiger charge is -2.23. The maximum Gasteiger partial charge on any atom is 0.142 e. The highest BCUT2D eigenvalue weighted by Crippen LogP contribution is 2.16. The number of carboxylic acids is 1. The summed E-state index contributed by atoms with van der Waals surface area (Å²) >= 11 is 0. The van der Waals surface area contributed by atoms with Gasteiger partial charge in [0.05, 0.1) is 42.3 Å². The van der Waals surface area contributed by atoms with Crippen LogP contribution in [0.2, 0.25) is 0 Å². The van der Waals surface area contributed by atoms with Crippen molar-refractivity contribution in [3.63, 3.8) is 0 Å². The van der Waals surface area contributed by atoms with Crippen molar-refractivity contribution >= 4 is 5.97 Å². The summed E-state index contributed by atoms with van der Waals surface area (Å²) < 4.78 is 1.54. The molecule has 0 aliphatic heterocycles. The number of quaternary nitrogens is 2. The number of pyridine rings is 2. The monoisotopic (exact) mass is 472 g/mol. The first-order valence-corrected chi connectivity index (χ1v) is 8.75. The van der Waals surface area contributed by atoms with Crippen LogP contribution in [0.25, 0.3) is 0 Å². The summed E-state index contributed by atoms with van der Waals surface area (Å²) in [6.07, 6.45) is 3.40. The van der Waals surface area contributed by atoms with Gasteiger partial charge in [-0.3, -0.25) is 9.97 Å². The molecule has 0 bridgehead atoms. The standard InChI is InChI=1S/2C9H14N2O.C2H4O2.BrH/c2*1-11(2,3)7-8-9(12)5-4-6-10-8;1-2(3)4;/h2*4-6H,7H2,1-3H3;1H3,(H,3,4);1H. The summed E-state index contributed by atoms with van der Waals surface area (Å²) in [7, 11) is 12.4. The first-order valence-electron chi connectivity index (χ1n) is 8.75. The van der Waals surface area contributed by atoms with Crippen molar-refractivity contribution in [2.75, 3.05) is 42.3 Å². The zero-order valence-electron chi connectivity index (χ0n) is 18.3. The van der Waals surface area contributed by atoms with Crippen LogP contribution in [0.15, 0.2) is 36.7 Å². The topological polar surface area (TPSA) is 106 Å². The van der Waals surface area contributed by atoms with Crippen LogP contribution in [0, 0.1) is 0 Å². The van der Waals surface area contributed by atoms with Gasteiger partial charge < -0.3 is 46.1 Å². The molecule has 164 valence electrons. The highest BCUT2D eigenvalue weighted by molar-refractivity contribution is 5.60. The number of hydrogen-bond donors (Lipinski definition) is 2. The highest BCUT2D eigenvalue weighted by Gasteiger charge is 2.13. The summed E-state index contributed by atoms with van der Waals surface area (Å²) in [5.74, 6) is -0.517. The third-order valence-electron chi connectivity index (χ3n) is 2.98. The molecular weight excluding hydrogens is 440 g/mol. The predicted molar refractivity (Wildman–Crippen MR) is 106 cm³/mol. The Kier molecular flexibility index (Phi) is 13.1. The zero-order chi connectivity index (χ0) is 22.0. The van der Waals surface area contributed by atoms with E-state index in [4.69, 9.17) is 9.90 Å². The largest absolute Gasteiger partial charge is 1.00 e. The molecule has 2 aromatic rings. The molecule has 0 amide bonds. The van der Waals surface area contributed by atoms with E-state index in [2.05, 4.69) is 52.3 Å². The molecule has 0 unspecified atom stereocenters. The minimum Gasteiger partial charge on any atom is -1.00 e. The van der Waals surface area contributed by atoms with E-state index in [0.29, 0.717) is 0 Å². The molecule has 0 aromatic carbocycles. The van der Waals surface area contributed by atoms with Gasteiger partial charge in [0.1, 0.15) is 36.0 Å². The molecule has 0 saturated carbocycles. The van der Waals surface area contributed by atoms with E-state index in [1.807, 2.05) is 0 Å². The third kappa shape index (κ3) is 16.4. The second-order valence-corrected chi connectivity index (χ2v) is 8.33. The molecule has 0 atom stereocenters. The number of carbonyl (C=O) groups excluding carboxylic acids is 1. The van der Waals surface area contributed by atoms with Gasteiger partial charge in [0.2, 0.25) is 0 Å². The minimum absolute atomic E-state index is 0. The van der Waals surface area contributed by atoms with E-state index in [1.54, 1.807) is 36.7 Å². The SMILES string of the molecule is CC(=O)[O-].C[N+](C)(C)Cc1ncccc1O.C[N+](C)(C)Cc1ncccc1O.[Br-]. The summed E-state index contributed by atoms with van der Waals surface area (Å²) in [5.41, 5.74) is 1.51. The molecular formula is C20H33BrN4O4. The van der Waals surface area contributed by atoms with Crippen molar-refractivity contribution in [1.82, 2.24) is 9.97 Å².